The lowest BCUT2D eigenvalue weighted by Crippen LogP contribution is -2.01. The molecule has 0 bridgehead atoms. The van der Waals surface area contributed by atoms with Crippen LogP contribution < -0.4 is 0 Å². The van der Waals surface area contributed by atoms with E-state index in [1.807, 2.05) is 0 Å². The molecule has 3 nitrogen and oxygen atoms in total. The van der Waals surface area contributed by atoms with Crippen LogP contribution in [0.2, 0.25) is 0 Å². The third-order valence-corrected chi connectivity index (χ3v) is 0.944. The molecule has 1 heterocycles. The highest BCUT2D eigenvalue weighted by atomic mass is 16.6. The standard InChI is InChI=1S/C5H8NO2/c1-7-4-5-2-3-8-6-5/h1-4H2. The Morgan fingerprint density at radius 1 is 1.88 bits per heavy atom. The van der Waals surface area contributed by atoms with Crippen LogP contribution in [0.15, 0.2) is 5.16 Å². The number of hydrogen-bond donors (Lipinski definition) is 0. The quantitative estimate of drug-likeness (QED) is 0.525. The minimum absolute atomic E-state index is 0.500. The molecule has 0 saturated carbocycles. The van der Waals surface area contributed by atoms with Crippen molar-refractivity contribution in [2.45, 2.75) is 6.42 Å². The van der Waals surface area contributed by atoms with Gasteiger partial charge in [-0.15, -0.1) is 0 Å². The van der Waals surface area contributed by atoms with Gasteiger partial charge in [0.05, 0.1) is 19.4 Å². The lowest BCUT2D eigenvalue weighted by molar-refractivity contribution is 0.173. The lowest BCUT2D eigenvalue weighted by Gasteiger charge is -1.90. The Morgan fingerprint density at radius 3 is 3.25 bits per heavy atom. The Labute approximate surface area is 48.3 Å². The van der Waals surface area contributed by atoms with Crippen molar-refractivity contribution in [3.05, 3.63) is 7.11 Å². The Balaban J connectivity index is 2.23. The van der Waals surface area contributed by atoms with Crippen LogP contribution in [0.5, 0.6) is 0 Å². The third-order valence-electron chi connectivity index (χ3n) is 0.944. The molecule has 1 aliphatic rings. The first kappa shape index (κ1) is 5.56. The van der Waals surface area contributed by atoms with E-state index in [0.29, 0.717) is 13.2 Å². The zero-order valence-electron chi connectivity index (χ0n) is 4.59. The Morgan fingerprint density at radius 2 is 2.75 bits per heavy atom. The van der Waals surface area contributed by atoms with Gasteiger partial charge in [0.2, 0.25) is 0 Å². The molecular weight excluding hydrogens is 106 g/mol. The molecule has 8 heavy (non-hydrogen) atoms. The summed E-state index contributed by atoms with van der Waals surface area (Å²) in [6, 6.07) is 0. The van der Waals surface area contributed by atoms with E-state index in [1.54, 1.807) is 0 Å². The number of hydrogen-bond acceptors (Lipinski definition) is 3. The molecule has 0 saturated heterocycles. The predicted molar refractivity (Wildman–Crippen MR) is 29.3 cm³/mol. The van der Waals surface area contributed by atoms with Gasteiger partial charge >= 0.3 is 0 Å². The molecule has 0 aliphatic carbocycles. The maximum absolute atomic E-state index is 4.69. The Bertz CT molecular complexity index is 101. The van der Waals surface area contributed by atoms with E-state index >= 15 is 0 Å². The van der Waals surface area contributed by atoms with Crippen LogP contribution in [-0.4, -0.2) is 18.9 Å². The van der Waals surface area contributed by atoms with Gasteiger partial charge in [0.25, 0.3) is 0 Å². The van der Waals surface area contributed by atoms with Crippen LogP contribution in [0.25, 0.3) is 0 Å². The summed E-state index contributed by atoms with van der Waals surface area (Å²) in [5, 5.41) is 3.68. The third kappa shape index (κ3) is 1.20. The van der Waals surface area contributed by atoms with Crippen LogP contribution in [0.3, 0.4) is 0 Å². The fourth-order valence-corrected chi connectivity index (χ4v) is 0.562. The van der Waals surface area contributed by atoms with Crippen LogP contribution in [0.4, 0.5) is 0 Å². The van der Waals surface area contributed by atoms with Crippen molar-refractivity contribution < 1.29 is 9.57 Å². The first-order valence-corrected chi connectivity index (χ1v) is 2.48. The zero-order chi connectivity index (χ0) is 5.82. The largest absolute Gasteiger partial charge is 0.395 e. The van der Waals surface area contributed by atoms with Gasteiger partial charge in [0.1, 0.15) is 6.61 Å². The van der Waals surface area contributed by atoms with Gasteiger partial charge in [-0.1, -0.05) is 5.16 Å². The Kier molecular flexibility index (Phi) is 1.86. The fourth-order valence-electron chi connectivity index (χ4n) is 0.562. The molecule has 0 aromatic carbocycles. The number of nitrogens with zero attached hydrogens (tertiary/aromatic N) is 1. The molecule has 0 aromatic heterocycles. The van der Waals surface area contributed by atoms with Crippen molar-refractivity contribution >= 4 is 5.71 Å². The van der Waals surface area contributed by atoms with Gasteiger partial charge in [0, 0.05) is 6.42 Å². The van der Waals surface area contributed by atoms with Crippen LogP contribution in [0, 0.1) is 7.11 Å². The molecule has 0 atom stereocenters. The molecule has 1 rings (SSSR count). The summed E-state index contributed by atoms with van der Waals surface area (Å²) in [5.41, 5.74) is 0.944. The van der Waals surface area contributed by atoms with Gasteiger partial charge in [-0.25, -0.2) is 0 Å². The second kappa shape index (κ2) is 2.67. The summed E-state index contributed by atoms with van der Waals surface area (Å²) in [6.07, 6.45) is 0.884. The Hall–Kier alpha value is -0.570. The van der Waals surface area contributed by atoms with Crippen molar-refractivity contribution in [1.82, 2.24) is 0 Å². The molecule has 0 fully saturated rings. The minimum Gasteiger partial charge on any atom is -0.395 e. The van der Waals surface area contributed by atoms with Crippen LogP contribution in [0.1, 0.15) is 6.42 Å². The first-order valence-electron chi connectivity index (χ1n) is 2.48. The van der Waals surface area contributed by atoms with Crippen molar-refractivity contribution in [2.24, 2.45) is 5.16 Å². The van der Waals surface area contributed by atoms with E-state index in [4.69, 9.17) is 0 Å². The van der Waals surface area contributed by atoms with Gasteiger partial charge in [-0.2, -0.15) is 0 Å². The normalized spacial score (nSPS) is 17.9. The fraction of sp³-hybridized carbons (Fsp3) is 0.600. The molecule has 0 amide bonds. The predicted octanol–water partition coefficient (Wildman–Crippen LogP) is 0.571. The van der Waals surface area contributed by atoms with Crippen LogP contribution in [-0.2, 0) is 9.57 Å². The molecule has 45 valence electrons. The summed E-state index contributed by atoms with van der Waals surface area (Å²) >= 11 is 0. The van der Waals surface area contributed by atoms with E-state index in [9.17, 15) is 0 Å². The van der Waals surface area contributed by atoms with Gasteiger partial charge in [-0.3, -0.25) is 0 Å². The van der Waals surface area contributed by atoms with Gasteiger partial charge in [-0.05, 0) is 0 Å². The molecule has 0 spiro atoms. The SMILES string of the molecule is [CH2]OCC1=NOCC1. The summed E-state index contributed by atoms with van der Waals surface area (Å²) in [5.74, 6) is 0. The van der Waals surface area contributed by atoms with Crippen molar-refractivity contribution in [3.63, 3.8) is 0 Å². The summed E-state index contributed by atoms with van der Waals surface area (Å²) in [6.45, 7) is 1.19. The number of oxime groups is 1. The summed E-state index contributed by atoms with van der Waals surface area (Å²) in [7, 11) is 3.21. The minimum atomic E-state index is 0.500. The number of ether oxygens (including phenoxy) is 1. The van der Waals surface area contributed by atoms with Crippen molar-refractivity contribution in [2.75, 3.05) is 13.2 Å². The monoisotopic (exact) mass is 114 g/mol. The van der Waals surface area contributed by atoms with E-state index < -0.39 is 0 Å². The second-order valence-electron chi connectivity index (χ2n) is 1.59. The highest BCUT2D eigenvalue weighted by Crippen LogP contribution is 1.98. The van der Waals surface area contributed by atoms with E-state index in [1.165, 1.54) is 0 Å². The molecule has 3 heteroatoms. The molecular formula is C5H8NO2. The average molecular weight is 114 g/mol. The highest BCUT2D eigenvalue weighted by molar-refractivity contribution is 5.86. The van der Waals surface area contributed by atoms with E-state index in [0.717, 1.165) is 12.1 Å². The topological polar surface area (TPSA) is 30.8 Å². The molecule has 0 aromatic rings. The smallest absolute Gasteiger partial charge is 0.122 e. The molecule has 0 N–H and O–H groups in total. The van der Waals surface area contributed by atoms with Gasteiger partial charge < -0.3 is 9.57 Å². The zero-order valence-corrected chi connectivity index (χ0v) is 4.59. The maximum atomic E-state index is 4.69. The number of rotatable bonds is 2. The van der Waals surface area contributed by atoms with Crippen molar-refractivity contribution in [3.8, 4) is 0 Å². The molecule has 1 aliphatic heterocycles. The maximum Gasteiger partial charge on any atom is 0.122 e. The molecule has 0 unspecified atom stereocenters. The first-order chi connectivity index (χ1) is 3.93. The lowest BCUT2D eigenvalue weighted by atomic mass is 10.3. The highest BCUT2D eigenvalue weighted by Gasteiger charge is 2.05. The average Bonchev–Trinajstić information content (AvgIpc) is 2.19. The van der Waals surface area contributed by atoms with Crippen LogP contribution >= 0.6 is 0 Å². The van der Waals surface area contributed by atoms with Crippen molar-refractivity contribution in [1.29, 1.82) is 0 Å². The van der Waals surface area contributed by atoms with E-state index in [2.05, 4.69) is 21.8 Å². The van der Waals surface area contributed by atoms with E-state index in [-0.39, 0.29) is 0 Å². The summed E-state index contributed by atoms with van der Waals surface area (Å²) < 4.78 is 4.56. The molecule has 1 radical (unpaired) electrons. The second-order valence-corrected chi connectivity index (χ2v) is 1.59. The van der Waals surface area contributed by atoms with Gasteiger partial charge in [0.15, 0.2) is 0 Å². The summed E-state index contributed by atoms with van der Waals surface area (Å²) in [4.78, 5) is 4.69.